The Morgan fingerprint density at radius 2 is 2.13 bits per heavy atom. The molecule has 0 aliphatic heterocycles. The summed E-state index contributed by atoms with van der Waals surface area (Å²) in [6.45, 7) is 0.251. The van der Waals surface area contributed by atoms with E-state index < -0.39 is 4.92 Å². The topological polar surface area (TPSA) is 63.5 Å². The fourth-order valence-corrected chi connectivity index (χ4v) is 1.17. The van der Waals surface area contributed by atoms with Crippen LogP contribution in [0.1, 0.15) is 10.4 Å². The Labute approximate surface area is 87.5 Å². The van der Waals surface area contributed by atoms with Crippen molar-refractivity contribution in [2.75, 3.05) is 20.6 Å². The number of hydrogen-bond donors (Lipinski definition) is 0. The van der Waals surface area contributed by atoms with Gasteiger partial charge in [-0.05, 0) is 14.1 Å². The van der Waals surface area contributed by atoms with E-state index >= 15 is 0 Å². The Hall–Kier alpha value is -1.75. The smallest absolute Gasteiger partial charge is 0.270 e. The van der Waals surface area contributed by atoms with Gasteiger partial charge in [-0.3, -0.25) is 14.9 Å². The number of benzene rings is 1. The van der Waals surface area contributed by atoms with Crippen LogP contribution >= 0.6 is 0 Å². The molecular formula is C10H12N2O3. The number of nitro groups is 1. The van der Waals surface area contributed by atoms with Crippen LogP contribution in [-0.2, 0) is 0 Å². The number of carbonyl (C=O) groups excluding carboxylic acids is 1. The van der Waals surface area contributed by atoms with Gasteiger partial charge < -0.3 is 4.90 Å². The summed E-state index contributed by atoms with van der Waals surface area (Å²) >= 11 is 0. The maximum Gasteiger partial charge on any atom is 0.270 e. The van der Waals surface area contributed by atoms with Gasteiger partial charge in [-0.2, -0.15) is 0 Å². The standard InChI is InChI=1S/C10H12N2O3/c1-11(2)7-10(13)8-4-3-5-9(6-8)12(14)15/h3-6H,7H2,1-2H3. The molecule has 1 rings (SSSR count). The van der Waals surface area contributed by atoms with E-state index in [-0.39, 0.29) is 18.0 Å². The Morgan fingerprint density at radius 3 is 2.67 bits per heavy atom. The molecule has 5 nitrogen and oxygen atoms in total. The number of rotatable bonds is 4. The number of non-ortho nitro benzene ring substituents is 1. The van der Waals surface area contributed by atoms with Crippen LogP contribution in [0.3, 0.4) is 0 Å². The summed E-state index contributed by atoms with van der Waals surface area (Å²) < 4.78 is 0. The predicted octanol–water partition coefficient (Wildman–Crippen LogP) is 1.34. The highest BCUT2D eigenvalue weighted by atomic mass is 16.6. The average molecular weight is 208 g/mol. The minimum Gasteiger partial charge on any atom is -0.302 e. The second kappa shape index (κ2) is 4.65. The first-order valence-corrected chi connectivity index (χ1v) is 4.43. The van der Waals surface area contributed by atoms with Gasteiger partial charge >= 0.3 is 0 Å². The molecule has 0 atom stereocenters. The van der Waals surface area contributed by atoms with E-state index in [1.807, 2.05) is 0 Å². The molecule has 0 radical (unpaired) electrons. The lowest BCUT2D eigenvalue weighted by molar-refractivity contribution is -0.384. The fraction of sp³-hybridized carbons (Fsp3) is 0.300. The van der Waals surface area contributed by atoms with Gasteiger partial charge in [0.2, 0.25) is 0 Å². The molecule has 15 heavy (non-hydrogen) atoms. The number of nitrogens with zero attached hydrogens (tertiary/aromatic N) is 2. The average Bonchev–Trinajstić information content (AvgIpc) is 2.17. The summed E-state index contributed by atoms with van der Waals surface area (Å²) in [5.74, 6) is -0.122. The molecule has 0 aliphatic rings. The quantitative estimate of drug-likeness (QED) is 0.425. The summed E-state index contributed by atoms with van der Waals surface area (Å²) in [5, 5.41) is 10.5. The van der Waals surface area contributed by atoms with Gasteiger partial charge in [-0.25, -0.2) is 0 Å². The highest BCUT2D eigenvalue weighted by molar-refractivity contribution is 5.98. The monoisotopic (exact) mass is 208 g/mol. The molecule has 0 amide bonds. The van der Waals surface area contributed by atoms with Gasteiger partial charge in [0.15, 0.2) is 5.78 Å². The van der Waals surface area contributed by atoms with Gasteiger partial charge in [0, 0.05) is 17.7 Å². The SMILES string of the molecule is CN(C)CC(=O)c1cccc([N+](=O)[O-])c1. The fourth-order valence-electron chi connectivity index (χ4n) is 1.17. The molecule has 1 aromatic rings. The maximum atomic E-state index is 11.6. The minimum atomic E-state index is -0.508. The molecule has 0 aliphatic carbocycles. The second-order valence-electron chi connectivity index (χ2n) is 3.47. The normalized spacial score (nSPS) is 10.3. The first kappa shape index (κ1) is 11.3. The second-order valence-corrected chi connectivity index (χ2v) is 3.47. The number of Topliss-reactive ketones (excluding diaryl/α,β-unsaturated/α-hetero) is 1. The molecule has 0 aromatic heterocycles. The molecule has 1 aromatic carbocycles. The highest BCUT2D eigenvalue weighted by Crippen LogP contribution is 2.13. The first-order valence-electron chi connectivity index (χ1n) is 4.43. The van der Waals surface area contributed by atoms with Crippen molar-refractivity contribution in [2.24, 2.45) is 0 Å². The molecular weight excluding hydrogens is 196 g/mol. The van der Waals surface area contributed by atoms with E-state index in [0.717, 1.165) is 0 Å². The summed E-state index contributed by atoms with van der Waals surface area (Å²) in [4.78, 5) is 23.3. The Kier molecular flexibility index (Phi) is 3.51. The molecule has 5 heteroatoms. The summed E-state index contributed by atoms with van der Waals surface area (Å²) in [6.07, 6.45) is 0. The van der Waals surface area contributed by atoms with Gasteiger partial charge in [0.1, 0.15) is 0 Å². The van der Waals surface area contributed by atoms with Crippen LogP contribution in [0.15, 0.2) is 24.3 Å². The number of carbonyl (C=O) groups is 1. The van der Waals surface area contributed by atoms with E-state index in [4.69, 9.17) is 0 Å². The van der Waals surface area contributed by atoms with Crippen molar-refractivity contribution >= 4 is 11.5 Å². The lowest BCUT2D eigenvalue weighted by atomic mass is 10.1. The van der Waals surface area contributed by atoms with Crippen LogP contribution in [0.25, 0.3) is 0 Å². The molecule has 0 unspecified atom stereocenters. The van der Waals surface area contributed by atoms with Crippen molar-refractivity contribution in [3.8, 4) is 0 Å². The molecule has 80 valence electrons. The predicted molar refractivity (Wildman–Crippen MR) is 56.0 cm³/mol. The van der Waals surface area contributed by atoms with E-state index in [1.165, 1.54) is 18.2 Å². The highest BCUT2D eigenvalue weighted by Gasteiger charge is 2.11. The van der Waals surface area contributed by atoms with Crippen LogP contribution < -0.4 is 0 Å². The molecule has 0 saturated carbocycles. The Bertz CT molecular complexity index is 388. The minimum absolute atomic E-state index is 0.0559. The van der Waals surface area contributed by atoms with Crippen molar-refractivity contribution in [1.29, 1.82) is 0 Å². The number of hydrogen-bond acceptors (Lipinski definition) is 4. The van der Waals surface area contributed by atoms with Gasteiger partial charge in [0.05, 0.1) is 11.5 Å². The molecule has 0 saturated heterocycles. The van der Waals surface area contributed by atoms with Crippen LogP contribution in [0.4, 0.5) is 5.69 Å². The summed E-state index contributed by atoms with van der Waals surface area (Å²) in [7, 11) is 3.55. The third kappa shape index (κ3) is 3.14. The van der Waals surface area contributed by atoms with E-state index in [9.17, 15) is 14.9 Å². The van der Waals surface area contributed by atoms with Gasteiger partial charge in [-0.15, -0.1) is 0 Å². The van der Waals surface area contributed by atoms with E-state index in [0.29, 0.717) is 5.56 Å². The molecule has 0 fully saturated rings. The van der Waals surface area contributed by atoms with E-state index in [1.54, 1.807) is 25.1 Å². The first-order chi connectivity index (χ1) is 7.00. The van der Waals surface area contributed by atoms with Crippen molar-refractivity contribution in [3.63, 3.8) is 0 Å². The van der Waals surface area contributed by atoms with E-state index in [2.05, 4.69) is 0 Å². The van der Waals surface area contributed by atoms with Crippen molar-refractivity contribution in [2.45, 2.75) is 0 Å². The third-order valence-corrected chi connectivity index (χ3v) is 1.84. The lowest BCUT2D eigenvalue weighted by Crippen LogP contribution is -2.21. The van der Waals surface area contributed by atoms with Crippen LogP contribution in [-0.4, -0.2) is 36.2 Å². The van der Waals surface area contributed by atoms with Crippen LogP contribution in [0, 0.1) is 10.1 Å². The Balaban J connectivity index is 2.90. The zero-order chi connectivity index (χ0) is 11.4. The number of ketones is 1. The van der Waals surface area contributed by atoms with Gasteiger partial charge in [-0.1, -0.05) is 12.1 Å². The molecule has 0 spiro atoms. The van der Waals surface area contributed by atoms with Crippen molar-refractivity contribution < 1.29 is 9.72 Å². The van der Waals surface area contributed by atoms with Crippen molar-refractivity contribution in [1.82, 2.24) is 4.90 Å². The van der Waals surface area contributed by atoms with Crippen LogP contribution in [0.5, 0.6) is 0 Å². The number of likely N-dealkylation sites (N-methyl/N-ethyl adjacent to an activating group) is 1. The largest absolute Gasteiger partial charge is 0.302 e. The van der Waals surface area contributed by atoms with Gasteiger partial charge in [0.25, 0.3) is 5.69 Å². The maximum absolute atomic E-state index is 11.6. The third-order valence-electron chi connectivity index (χ3n) is 1.84. The zero-order valence-electron chi connectivity index (χ0n) is 8.64. The van der Waals surface area contributed by atoms with Crippen molar-refractivity contribution in [3.05, 3.63) is 39.9 Å². The summed E-state index contributed by atoms with van der Waals surface area (Å²) in [5.41, 5.74) is 0.317. The number of nitro benzene ring substituents is 1. The Morgan fingerprint density at radius 1 is 1.47 bits per heavy atom. The lowest BCUT2D eigenvalue weighted by Gasteiger charge is -2.07. The molecule has 0 heterocycles. The zero-order valence-corrected chi connectivity index (χ0v) is 8.64. The molecule has 0 N–H and O–H groups in total. The molecule has 0 bridgehead atoms. The van der Waals surface area contributed by atoms with Crippen LogP contribution in [0.2, 0.25) is 0 Å². The summed E-state index contributed by atoms with van der Waals surface area (Å²) in [6, 6.07) is 5.76.